The number of rotatable bonds is 5. The molecular formula is C22H26N2O3. The van der Waals surface area contributed by atoms with Crippen LogP contribution in [0.1, 0.15) is 40.5 Å². The van der Waals surface area contributed by atoms with Crippen LogP contribution in [-0.2, 0) is 6.54 Å². The van der Waals surface area contributed by atoms with Crippen molar-refractivity contribution in [3.05, 3.63) is 59.2 Å². The molecule has 0 bridgehead atoms. The van der Waals surface area contributed by atoms with Crippen LogP contribution >= 0.6 is 0 Å². The zero-order valence-corrected chi connectivity index (χ0v) is 16.0. The van der Waals surface area contributed by atoms with Gasteiger partial charge in [-0.15, -0.1) is 0 Å². The first kappa shape index (κ1) is 17.9. The van der Waals surface area contributed by atoms with Gasteiger partial charge >= 0.3 is 0 Å². The molecule has 0 unspecified atom stereocenters. The number of aryl methyl sites for hydroxylation is 2. The number of amides is 1. The molecule has 0 saturated carbocycles. The SMILES string of the molecule is Cc1cc(CN2CCC(CNC(=O)c3cc4ccccc4o3)CC2)c(C)o1. The zero-order valence-electron chi connectivity index (χ0n) is 16.0. The molecule has 1 aliphatic rings. The predicted molar refractivity (Wildman–Crippen MR) is 105 cm³/mol. The number of likely N-dealkylation sites (tertiary alicyclic amines) is 1. The summed E-state index contributed by atoms with van der Waals surface area (Å²) in [5, 5.41) is 4.00. The molecule has 4 rings (SSSR count). The van der Waals surface area contributed by atoms with Gasteiger partial charge in [-0.2, -0.15) is 0 Å². The third kappa shape index (κ3) is 4.08. The Kier molecular flexibility index (Phi) is 5.03. The van der Waals surface area contributed by atoms with Crippen LogP contribution in [-0.4, -0.2) is 30.4 Å². The number of nitrogens with one attached hydrogen (secondary N) is 1. The predicted octanol–water partition coefficient (Wildman–Crippen LogP) is 4.28. The largest absolute Gasteiger partial charge is 0.466 e. The van der Waals surface area contributed by atoms with Gasteiger partial charge in [0.25, 0.3) is 5.91 Å². The lowest BCUT2D eigenvalue weighted by Gasteiger charge is -2.31. The fourth-order valence-corrected chi connectivity index (χ4v) is 3.85. The number of hydrogen-bond acceptors (Lipinski definition) is 4. The van der Waals surface area contributed by atoms with Crippen molar-refractivity contribution >= 4 is 16.9 Å². The van der Waals surface area contributed by atoms with Crippen LogP contribution in [0, 0.1) is 19.8 Å². The summed E-state index contributed by atoms with van der Waals surface area (Å²) < 4.78 is 11.3. The first-order valence-corrected chi connectivity index (χ1v) is 9.63. The molecule has 1 fully saturated rings. The Hall–Kier alpha value is -2.53. The lowest BCUT2D eigenvalue weighted by atomic mass is 9.96. The second-order valence-corrected chi connectivity index (χ2v) is 7.52. The van der Waals surface area contributed by atoms with Gasteiger partial charge in [0, 0.05) is 24.0 Å². The van der Waals surface area contributed by atoms with Crippen molar-refractivity contribution in [2.75, 3.05) is 19.6 Å². The van der Waals surface area contributed by atoms with Crippen LogP contribution in [0.25, 0.3) is 11.0 Å². The van der Waals surface area contributed by atoms with Gasteiger partial charge in [0.2, 0.25) is 0 Å². The number of carbonyl (C=O) groups excluding carboxylic acids is 1. The van der Waals surface area contributed by atoms with E-state index in [0.717, 1.165) is 55.0 Å². The van der Waals surface area contributed by atoms with Crippen molar-refractivity contribution in [3.63, 3.8) is 0 Å². The summed E-state index contributed by atoms with van der Waals surface area (Å²) >= 11 is 0. The van der Waals surface area contributed by atoms with E-state index in [4.69, 9.17) is 8.83 Å². The molecule has 1 amide bonds. The summed E-state index contributed by atoms with van der Waals surface area (Å²) in [4.78, 5) is 14.8. The van der Waals surface area contributed by atoms with Gasteiger partial charge in [-0.25, -0.2) is 0 Å². The van der Waals surface area contributed by atoms with Gasteiger partial charge in [0.15, 0.2) is 5.76 Å². The minimum absolute atomic E-state index is 0.127. The Labute approximate surface area is 159 Å². The fraction of sp³-hybridized carbons (Fsp3) is 0.409. The Morgan fingerprint density at radius 2 is 1.93 bits per heavy atom. The molecule has 27 heavy (non-hydrogen) atoms. The molecule has 5 heteroatoms. The van der Waals surface area contributed by atoms with Gasteiger partial charge < -0.3 is 14.2 Å². The quantitative estimate of drug-likeness (QED) is 0.732. The molecule has 0 atom stereocenters. The molecule has 1 aromatic carbocycles. The third-order valence-electron chi connectivity index (χ3n) is 5.45. The number of benzene rings is 1. The molecule has 2 aromatic heterocycles. The maximum Gasteiger partial charge on any atom is 0.287 e. The van der Waals surface area contributed by atoms with Crippen molar-refractivity contribution in [2.24, 2.45) is 5.92 Å². The Bertz CT molecular complexity index is 899. The van der Waals surface area contributed by atoms with Crippen molar-refractivity contribution in [1.82, 2.24) is 10.2 Å². The lowest BCUT2D eigenvalue weighted by molar-refractivity contribution is 0.0909. The van der Waals surface area contributed by atoms with Crippen molar-refractivity contribution in [2.45, 2.75) is 33.2 Å². The summed E-state index contributed by atoms with van der Waals surface area (Å²) in [6, 6.07) is 11.6. The molecule has 0 aliphatic carbocycles. The summed E-state index contributed by atoms with van der Waals surface area (Å²) in [5.74, 6) is 2.78. The zero-order chi connectivity index (χ0) is 18.8. The first-order chi connectivity index (χ1) is 13.1. The Morgan fingerprint density at radius 1 is 1.15 bits per heavy atom. The van der Waals surface area contributed by atoms with Crippen LogP contribution in [0.3, 0.4) is 0 Å². The highest BCUT2D eigenvalue weighted by atomic mass is 16.3. The number of para-hydroxylation sites is 1. The molecule has 3 aromatic rings. The molecule has 3 heterocycles. The maximum atomic E-state index is 12.4. The van der Waals surface area contributed by atoms with E-state index >= 15 is 0 Å². The van der Waals surface area contributed by atoms with E-state index in [1.807, 2.05) is 44.2 Å². The fourth-order valence-electron chi connectivity index (χ4n) is 3.85. The van der Waals surface area contributed by atoms with Gasteiger partial charge in [0.05, 0.1) is 0 Å². The van der Waals surface area contributed by atoms with Crippen LogP contribution in [0.15, 0.2) is 45.2 Å². The average molecular weight is 366 g/mol. The summed E-state index contributed by atoms with van der Waals surface area (Å²) in [5.41, 5.74) is 2.03. The van der Waals surface area contributed by atoms with Gasteiger partial charge in [-0.1, -0.05) is 18.2 Å². The van der Waals surface area contributed by atoms with E-state index in [-0.39, 0.29) is 5.91 Å². The lowest BCUT2D eigenvalue weighted by Crippen LogP contribution is -2.38. The van der Waals surface area contributed by atoms with E-state index in [0.29, 0.717) is 18.2 Å². The van der Waals surface area contributed by atoms with Gasteiger partial charge in [-0.3, -0.25) is 9.69 Å². The standard InChI is InChI=1S/C22H26N2O3/c1-15-11-19(16(2)26-15)14-24-9-7-17(8-10-24)13-23-22(25)21-12-18-5-3-4-6-20(18)27-21/h3-6,11-12,17H,7-10,13-14H2,1-2H3,(H,23,25). The molecule has 142 valence electrons. The normalized spacial score (nSPS) is 16.1. The van der Waals surface area contributed by atoms with Crippen LogP contribution < -0.4 is 5.32 Å². The minimum Gasteiger partial charge on any atom is -0.466 e. The number of piperidine rings is 1. The third-order valence-corrected chi connectivity index (χ3v) is 5.45. The average Bonchev–Trinajstić information content (AvgIpc) is 3.23. The van der Waals surface area contributed by atoms with Crippen LogP contribution in [0.4, 0.5) is 0 Å². The topological polar surface area (TPSA) is 58.6 Å². The summed E-state index contributed by atoms with van der Waals surface area (Å²) in [7, 11) is 0. The van der Waals surface area contributed by atoms with Crippen LogP contribution in [0.2, 0.25) is 0 Å². The van der Waals surface area contributed by atoms with E-state index in [1.54, 1.807) is 0 Å². The van der Waals surface area contributed by atoms with Gasteiger partial charge in [0.1, 0.15) is 17.1 Å². The number of furan rings is 2. The number of nitrogens with zero attached hydrogens (tertiary/aromatic N) is 1. The van der Waals surface area contributed by atoms with Crippen molar-refractivity contribution < 1.29 is 13.6 Å². The Balaban J connectivity index is 1.25. The van der Waals surface area contributed by atoms with Crippen molar-refractivity contribution in [3.8, 4) is 0 Å². The molecule has 5 nitrogen and oxygen atoms in total. The van der Waals surface area contributed by atoms with Crippen molar-refractivity contribution in [1.29, 1.82) is 0 Å². The number of fused-ring (bicyclic) bond motifs is 1. The molecule has 1 aliphatic heterocycles. The Morgan fingerprint density at radius 3 is 2.63 bits per heavy atom. The first-order valence-electron chi connectivity index (χ1n) is 9.63. The number of hydrogen-bond donors (Lipinski definition) is 1. The minimum atomic E-state index is -0.127. The smallest absolute Gasteiger partial charge is 0.287 e. The van der Waals surface area contributed by atoms with Crippen LogP contribution in [0.5, 0.6) is 0 Å². The summed E-state index contributed by atoms with van der Waals surface area (Å²) in [6.07, 6.45) is 2.19. The highest BCUT2D eigenvalue weighted by molar-refractivity contribution is 5.96. The maximum absolute atomic E-state index is 12.4. The second kappa shape index (κ2) is 7.61. The molecule has 0 spiro atoms. The van der Waals surface area contributed by atoms with E-state index in [1.165, 1.54) is 5.56 Å². The summed E-state index contributed by atoms with van der Waals surface area (Å²) in [6.45, 7) is 7.77. The highest BCUT2D eigenvalue weighted by Gasteiger charge is 2.21. The second-order valence-electron chi connectivity index (χ2n) is 7.52. The van der Waals surface area contributed by atoms with E-state index in [2.05, 4.69) is 16.3 Å². The number of carbonyl (C=O) groups is 1. The molecular weight excluding hydrogens is 340 g/mol. The monoisotopic (exact) mass is 366 g/mol. The molecule has 1 N–H and O–H groups in total. The molecule has 1 saturated heterocycles. The highest BCUT2D eigenvalue weighted by Crippen LogP contribution is 2.22. The van der Waals surface area contributed by atoms with Gasteiger partial charge in [-0.05, 0) is 63.9 Å². The van der Waals surface area contributed by atoms with E-state index in [9.17, 15) is 4.79 Å². The van der Waals surface area contributed by atoms with E-state index < -0.39 is 0 Å². The molecule has 0 radical (unpaired) electrons.